The van der Waals surface area contributed by atoms with E-state index >= 15 is 0 Å². The third-order valence-electron chi connectivity index (χ3n) is 6.43. The molecule has 0 saturated heterocycles. The number of nitrogens with zero attached hydrogens (tertiary/aromatic N) is 4. The first-order valence-electron chi connectivity index (χ1n) is 11.7. The lowest BCUT2D eigenvalue weighted by Crippen LogP contribution is -2.30. The number of rotatable bonds is 5. The van der Waals surface area contributed by atoms with Crippen LogP contribution in [0.4, 0.5) is 10.8 Å². The van der Waals surface area contributed by atoms with Crippen LogP contribution in [0.1, 0.15) is 26.5 Å². The number of aryl methyl sites for hydroxylation is 2. The van der Waals surface area contributed by atoms with Crippen molar-refractivity contribution in [3.8, 4) is 22.8 Å². The zero-order valence-corrected chi connectivity index (χ0v) is 21.7. The quantitative estimate of drug-likeness (QED) is 0.400. The van der Waals surface area contributed by atoms with E-state index in [-0.39, 0.29) is 25.0 Å². The summed E-state index contributed by atoms with van der Waals surface area (Å²) in [5.41, 5.74) is 4.87. The Balaban J connectivity index is 1.18. The molecule has 0 fully saturated rings. The van der Waals surface area contributed by atoms with Crippen LogP contribution in [-0.4, -0.2) is 39.9 Å². The van der Waals surface area contributed by atoms with Gasteiger partial charge in [-0.15, -0.1) is 11.3 Å². The third kappa shape index (κ3) is 4.32. The van der Waals surface area contributed by atoms with E-state index in [0.29, 0.717) is 33.9 Å². The fourth-order valence-corrected chi connectivity index (χ4v) is 5.76. The van der Waals surface area contributed by atoms with E-state index in [0.717, 1.165) is 39.4 Å². The summed E-state index contributed by atoms with van der Waals surface area (Å²) in [6.45, 7) is 2.74. The predicted molar refractivity (Wildman–Crippen MR) is 141 cm³/mol. The van der Waals surface area contributed by atoms with E-state index in [9.17, 15) is 9.59 Å². The Morgan fingerprint density at radius 1 is 1.16 bits per heavy atom. The summed E-state index contributed by atoms with van der Waals surface area (Å²) in [5, 5.41) is 7.87. The van der Waals surface area contributed by atoms with Crippen LogP contribution in [0.25, 0.3) is 11.3 Å². The second-order valence-electron chi connectivity index (χ2n) is 8.85. The molecular weight excluding hydrogens is 514 g/mol. The fraction of sp³-hybridized carbons (Fsp3) is 0.231. The van der Waals surface area contributed by atoms with Crippen LogP contribution < -0.4 is 19.7 Å². The summed E-state index contributed by atoms with van der Waals surface area (Å²) in [5.74, 6) is 1.01. The highest BCUT2D eigenvalue weighted by molar-refractivity contribution is 7.16. The first-order chi connectivity index (χ1) is 17.9. The molecule has 0 unspecified atom stereocenters. The standard InChI is InChI=1S/C26H22ClN5O4S/c1-14-23(30-26(37-14)29-22(33)10-15-3-6-20-21(9-15)36-13-35-20)17-4-5-19-16(11-17)7-8-32(19)25(34)24-18(27)12-28-31(24)2/h3-6,9,11-12H,7-8,10,13H2,1-2H3,(H,29,30,33). The maximum Gasteiger partial charge on any atom is 0.278 e. The topological polar surface area (TPSA) is 98.6 Å². The average Bonchev–Trinajstić information content (AvgIpc) is 3.65. The highest BCUT2D eigenvalue weighted by Gasteiger charge is 2.29. The summed E-state index contributed by atoms with van der Waals surface area (Å²) in [4.78, 5) is 33.2. The van der Waals surface area contributed by atoms with Crippen LogP contribution in [0.15, 0.2) is 42.6 Å². The van der Waals surface area contributed by atoms with Crippen LogP contribution in [-0.2, 0) is 24.7 Å². The van der Waals surface area contributed by atoms with Gasteiger partial charge in [-0.25, -0.2) is 4.98 Å². The van der Waals surface area contributed by atoms with Gasteiger partial charge < -0.3 is 19.7 Å². The average molecular weight is 536 g/mol. The van der Waals surface area contributed by atoms with Crippen molar-refractivity contribution < 1.29 is 19.1 Å². The zero-order valence-electron chi connectivity index (χ0n) is 20.1. The Kier molecular flexibility index (Phi) is 5.85. The molecule has 2 aliphatic rings. The summed E-state index contributed by atoms with van der Waals surface area (Å²) >= 11 is 7.63. The highest BCUT2D eigenvalue weighted by atomic mass is 35.5. The van der Waals surface area contributed by atoms with E-state index < -0.39 is 0 Å². The third-order valence-corrected chi connectivity index (χ3v) is 7.60. The summed E-state index contributed by atoms with van der Waals surface area (Å²) in [6.07, 6.45) is 2.41. The van der Waals surface area contributed by atoms with Crippen LogP contribution >= 0.6 is 22.9 Å². The van der Waals surface area contributed by atoms with Gasteiger partial charge in [0.25, 0.3) is 5.91 Å². The molecule has 37 heavy (non-hydrogen) atoms. The SMILES string of the molecule is Cc1sc(NC(=O)Cc2ccc3c(c2)OCO3)nc1-c1ccc2c(c1)CCN2C(=O)c1c(Cl)cnn1C. The number of carbonyl (C=O) groups excluding carboxylic acids is 2. The highest BCUT2D eigenvalue weighted by Crippen LogP contribution is 2.37. The normalized spacial score (nSPS) is 13.6. The molecule has 0 saturated carbocycles. The van der Waals surface area contributed by atoms with Crippen molar-refractivity contribution in [1.29, 1.82) is 0 Å². The number of benzene rings is 2. The van der Waals surface area contributed by atoms with Crippen molar-refractivity contribution in [3.63, 3.8) is 0 Å². The number of anilines is 2. The molecule has 11 heteroatoms. The van der Waals surface area contributed by atoms with E-state index in [1.165, 1.54) is 22.2 Å². The molecule has 2 aromatic heterocycles. The maximum atomic E-state index is 13.1. The Labute approximate surface area is 221 Å². The first-order valence-corrected chi connectivity index (χ1v) is 12.9. The molecule has 0 aliphatic carbocycles. The number of nitrogens with one attached hydrogen (secondary N) is 1. The van der Waals surface area contributed by atoms with Crippen LogP contribution in [0.2, 0.25) is 5.02 Å². The molecule has 4 aromatic rings. The summed E-state index contributed by atoms with van der Waals surface area (Å²) in [6, 6.07) is 11.4. The number of ether oxygens (including phenoxy) is 2. The van der Waals surface area contributed by atoms with Gasteiger partial charge in [0.15, 0.2) is 16.6 Å². The molecule has 0 radical (unpaired) electrons. The van der Waals surface area contributed by atoms with Gasteiger partial charge >= 0.3 is 0 Å². The minimum atomic E-state index is -0.172. The Bertz CT molecular complexity index is 1540. The number of aromatic nitrogens is 3. The Hall–Kier alpha value is -3.89. The Morgan fingerprint density at radius 3 is 2.81 bits per heavy atom. The van der Waals surface area contributed by atoms with Gasteiger partial charge in [0.05, 0.1) is 23.3 Å². The van der Waals surface area contributed by atoms with E-state index in [1.807, 2.05) is 37.3 Å². The van der Waals surface area contributed by atoms with Crippen molar-refractivity contribution in [2.75, 3.05) is 23.6 Å². The molecule has 9 nitrogen and oxygen atoms in total. The molecule has 188 valence electrons. The minimum Gasteiger partial charge on any atom is -0.454 e. The van der Waals surface area contributed by atoms with Gasteiger partial charge in [0.1, 0.15) is 5.69 Å². The van der Waals surface area contributed by atoms with Gasteiger partial charge in [-0.2, -0.15) is 5.10 Å². The molecular formula is C26H22ClN5O4S. The second kappa shape index (κ2) is 9.20. The summed E-state index contributed by atoms with van der Waals surface area (Å²) in [7, 11) is 1.70. The molecule has 1 N–H and O–H groups in total. The monoisotopic (exact) mass is 535 g/mol. The Morgan fingerprint density at radius 2 is 2.00 bits per heavy atom. The van der Waals surface area contributed by atoms with Gasteiger partial charge in [-0.05, 0) is 48.7 Å². The molecule has 0 atom stereocenters. The minimum absolute atomic E-state index is 0.156. The number of halogens is 1. The van der Waals surface area contributed by atoms with Gasteiger partial charge in [0, 0.05) is 29.7 Å². The number of hydrogen-bond acceptors (Lipinski definition) is 7. The number of hydrogen-bond donors (Lipinski definition) is 1. The lowest BCUT2D eigenvalue weighted by molar-refractivity contribution is -0.115. The number of carbonyl (C=O) groups is 2. The van der Waals surface area contributed by atoms with Crippen molar-refractivity contribution in [3.05, 3.63) is 69.3 Å². The lowest BCUT2D eigenvalue weighted by Gasteiger charge is -2.18. The van der Waals surface area contributed by atoms with Gasteiger partial charge in [0.2, 0.25) is 12.7 Å². The van der Waals surface area contributed by atoms with E-state index in [4.69, 9.17) is 26.1 Å². The van der Waals surface area contributed by atoms with E-state index in [2.05, 4.69) is 16.5 Å². The fourth-order valence-electron chi connectivity index (χ4n) is 4.66. The summed E-state index contributed by atoms with van der Waals surface area (Å²) < 4.78 is 12.2. The molecule has 4 heterocycles. The predicted octanol–water partition coefficient (Wildman–Crippen LogP) is 4.62. The van der Waals surface area contributed by atoms with E-state index in [1.54, 1.807) is 11.9 Å². The van der Waals surface area contributed by atoms with Gasteiger partial charge in [-0.3, -0.25) is 14.3 Å². The van der Waals surface area contributed by atoms with Crippen LogP contribution in [0.5, 0.6) is 11.5 Å². The lowest BCUT2D eigenvalue weighted by atomic mass is 10.1. The number of fused-ring (bicyclic) bond motifs is 2. The molecule has 0 bridgehead atoms. The molecule has 0 spiro atoms. The molecule has 2 amide bonds. The van der Waals surface area contributed by atoms with Crippen molar-refractivity contribution >= 4 is 45.6 Å². The molecule has 2 aliphatic heterocycles. The van der Waals surface area contributed by atoms with Crippen LogP contribution in [0, 0.1) is 6.92 Å². The van der Waals surface area contributed by atoms with Crippen LogP contribution in [0.3, 0.4) is 0 Å². The second-order valence-corrected chi connectivity index (χ2v) is 10.5. The van der Waals surface area contributed by atoms with Gasteiger partial charge in [-0.1, -0.05) is 23.7 Å². The smallest absolute Gasteiger partial charge is 0.278 e. The maximum absolute atomic E-state index is 13.1. The molecule has 6 rings (SSSR count). The van der Waals surface area contributed by atoms with Crippen molar-refractivity contribution in [1.82, 2.24) is 14.8 Å². The van der Waals surface area contributed by atoms with Crippen molar-refractivity contribution in [2.24, 2.45) is 7.05 Å². The number of thiazole rings is 1. The first kappa shape index (κ1) is 23.5. The molecule has 2 aromatic carbocycles. The largest absolute Gasteiger partial charge is 0.454 e. The van der Waals surface area contributed by atoms with Crippen molar-refractivity contribution in [2.45, 2.75) is 19.8 Å². The zero-order chi connectivity index (χ0) is 25.7. The number of amides is 2.